The first-order valence-corrected chi connectivity index (χ1v) is 19.2. The molecule has 2 aliphatic rings. The summed E-state index contributed by atoms with van der Waals surface area (Å²) in [5, 5.41) is 5.66. The van der Waals surface area contributed by atoms with Crippen LogP contribution in [0.5, 0.6) is 28.7 Å². The van der Waals surface area contributed by atoms with E-state index >= 15 is 0 Å². The number of amides is 1. The van der Waals surface area contributed by atoms with Crippen LogP contribution in [0.4, 0.5) is 5.69 Å². The van der Waals surface area contributed by atoms with Gasteiger partial charge in [0.1, 0.15) is 23.9 Å². The summed E-state index contributed by atoms with van der Waals surface area (Å²) >= 11 is 0. The zero-order chi connectivity index (χ0) is 38.2. The van der Waals surface area contributed by atoms with Gasteiger partial charge in [-0.3, -0.25) is 19.6 Å². The van der Waals surface area contributed by atoms with Crippen LogP contribution >= 0.6 is 0 Å². The maximum absolute atomic E-state index is 14.0. The summed E-state index contributed by atoms with van der Waals surface area (Å²) in [6, 6.07) is 23.2. The van der Waals surface area contributed by atoms with Gasteiger partial charge in [0.25, 0.3) is 5.91 Å². The van der Waals surface area contributed by atoms with Gasteiger partial charge in [-0.2, -0.15) is 0 Å². The minimum absolute atomic E-state index is 0.105. The highest BCUT2D eigenvalue weighted by molar-refractivity contribution is 6.13. The second kappa shape index (κ2) is 17.7. The van der Waals surface area contributed by atoms with E-state index < -0.39 is 0 Å². The molecule has 1 amide bonds. The molecule has 0 unspecified atom stereocenters. The Labute approximate surface area is 323 Å². The number of morpholine rings is 2. The Morgan fingerprint density at radius 1 is 0.764 bits per heavy atom. The molecule has 2 saturated heterocycles. The lowest BCUT2D eigenvalue weighted by Crippen LogP contribution is -2.38. The molecule has 7 rings (SSSR count). The van der Waals surface area contributed by atoms with E-state index in [1.54, 1.807) is 13.3 Å². The van der Waals surface area contributed by atoms with Crippen molar-refractivity contribution in [1.82, 2.24) is 14.8 Å². The van der Waals surface area contributed by atoms with E-state index in [-0.39, 0.29) is 11.3 Å². The molecule has 0 bridgehead atoms. The number of carbonyl (C=O) groups excluding carboxylic acids is 1. The molecule has 2 fully saturated rings. The molecule has 4 aromatic carbocycles. The van der Waals surface area contributed by atoms with Crippen molar-refractivity contribution < 1.29 is 33.2 Å². The molecular formula is C44H52N4O7. The highest BCUT2D eigenvalue weighted by atomic mass is 16.5. The third-order valence-corrected chi connectivity index (χ3v) is 10.2. The van der Waals surface area contributed by atoms with Crippen LogP contribution in [0.1, 0.15) is 43.1 Å². The van der Waals surface area contributed by atoms with Gasteiger partial charge in [0.05, 0.1) is 51.3 Å². The molecule has 1 aromatic heterocycles. The molecule has 290 valence electrons. The highest BCUT2D eigenvalue weighted by Crippen LogP contribution is 2.38. The van der Waals surface area contributed by atoms with Crippen molar-refractivity contribution in [2.24, 2.45) is 0 Å². The number of carbonyl (C=O) groups is 1. The maximum Gasteiger partial charge on any atom is 0.256 e. The van der Waals surface area contributed by atoms with E-state index in [0.29, 0.717) is 53.2 Å². The highest BCUT2D eigenvalue weighted by Gasteiger charge is 2.20. The predicted octanol–water partition coefficient (Wildman–Crippen LogP) is 7.55. The van der Waals surface area contributed by atoms with Gasteiger partial charge >= 0.3 is 0 Å². The topological polar surface area (TPSA) is 104 Å². The molecule has 0 saturated carbocycles. The number of fused-ring (bicyclic) bond motifs is 2. The second-order valence-corrected chi connectivity index (χ2v) is 15.0. The first-order chi connectivity index (χ1) is 26.7. The molecule has 2 aliphatic heterocycles. The average Bonchev–Trinajstić information content (AvgIpc) is 3.20. The predicted molar refractivity (Wildman–Crippen MR) is 216 cm³/mol. The molecule has 11 heteroatoms. The third-order valence-electron chi connectivity index (χ3n) is 10.2. The van der Waals surface area contributed by atoms with Crippen molar-refractivity contribution >= 4 is 33.3 Å². The van der Waals surface area contributed by atoms with Gasteiger partial charge in [-0.15, -0.1) is 0 Å². The molecule has 5 aromatic rings. The van der Waals surface area contributed by atoms with Crippen molar-refractivity contribution in [3.8, 4) is 28.7 Å². The van der Waals surface area contributed by atoms with Crippen LogP contribution in [-0.4, -0.2) is 107 Å². The number of rotatable bonds is 14. The zero-order valence-corrected chi connectivity index (χ0v) is 32.4. The van der Waals surface area contributed by atoms with Crippen molar-refractivity contribution in [3.63, 3.8) is 0 Å². The summed E-state index contributed by atoms with van der Waals surface area (Å²) in [6.07, 6.45) is 2.63. The summed E-state index contributed by atoms with van der Waals surface area (Å²) in [7, 11) is 1.64. The van der Waals surface area contributed by atoms with Gasteiger partial charge < -0.3 is 33.7 Å². The first kappa shape index (κ1) is 38.3. The summed E-state index contributed by atoms with van der Waals surface area (Å²) in [5.41, 5.74) is 2.94. The first-order valence-electron chi connectivity index (χ1n) is 19.2. The number of hydrogen-bond donors (Lipinski definition) is 1. The standard InChI is InChI=1S/C44H52N4O7/c1-44(2,3)32-9-12-40(54-26-20-48-18-24-52-25-19-48)38(28-32)46-43(49)35-8-5-7-31-27-33(10-11-34(31)35)55-39-13-14-45-37-30-42(41(50-4)29-36(37)39)53-21-6-15-47-16-22-51-23-17-47/h5,7-14,27-30H,6,15-26H2,1-4H3,(H,46,49). The van der Waals surface area contributed by atoms with Crippen molar-refractivity contribution in [2.75, 3.05) is 91.3 Å². The lowest BCUT2D eigenvalue weighted by atomic mass is 9.87. The molecule has 3 heterocycles. The Kier molecular flexibility index (Phi) is 12.3. The maximum atomic E-state index is 14.0. The van der Waals surface area contributed by atoms with Gasteiger partial charge in [-0.05, 0) is 76.7 Å². The fraction of sp³-hybridized carbons (Fsp3) is 0.409. The number of nitrogens with one attached hydrogen (secondary N) is 1. The van der Waals surface area contributed by atoms with Crippen LogP contribution in [0.3, 0.4) is 0 Å². The van der Waals surface area contributed by atoms with Crippen LogP contribution in [0, 0.1) is 0 Å². The van der Waals surface area contributed by atoms with E-state index in [1.807, 2.05) is 66.7 Å². The molecule has 1 N–H and O–H groups in total. The summed E-state index contributed by atoms with van der Waals surface area (Å²) in [6.45, 7) is 16.1. The molecule has 11 nitrogen and oxygen atoms in total. The van der Waals surface area contributed by atoms with Crippen LogP contribution in [-0.2, 0) is 14.9 Å². The minimum Gasteiger partial charge on any atom is -0.493 e. The molecule has 0 aliphatic carbocycles. The molecule has 55 heavy (non-hydrogen) atoms. The van der Waals surface area contributed by atoms with Crippen molar-refractivity contribution in [2.45, 2.75) is 32.6 Å². The fourth-order valence-corrected chi connectivity index (χ4v) is 6.95. The van der Waals surface area contributed by atoms with E-state index in [0.717, 1.165) is 99.4 Å². The van der Waals surface area contributed by atoms with Gasteiger partial charge in [0, 0.05) is 62.5 Å². The Morgan fingerprint density at radius 3 is 2.25 bits per heavy atom. The van der Waals surface area contributed by atoms with Crippen LogP contribution < -0.4 is 24.3 Å². The van der Waals surface area contributed by atoms with E-state index in [4.69, 9.17) is 28.4 Å². The number of methoxy groups -OCH3 is 1. The molecule has 0 radical (unpaired) electrons. The molecule has 0 spiro atoms. The van der Waals surface area contributed by atoms with E-state index in [2.05, 4.69) is 46.9 Å². The molecule has 0 atom stereocenters. The number of anilines is 1. The Balaban J connectivity index is 1.06. The van der Waals surface area contributed by atoms with Gasteiger partial charge in [-0.25, -0.2) is 0 Å². The second-order valence-electron chi connectivity index (χ2n) is 15.0. The number of aromatic nitrogens is 1. The van der Waals surface area contributed by atoms with Gasteiger partial charge in [0.2, 0.25) is 0 Å². The van der Waals surface area contributed by atoms with Crippen LogP contribution in [0.2, 0.25) is 0 Å². The van der Waals surface area contributed by atoms with Crippen LogP contribution in [0.15, 0.2) is 79.0 Å². The largest absolute Gasteiger partial charge is 0.493 e. The number of hydrogen-bond acceptors (Lipinski definition) is 10. The number of ether oxygens (including phenoxy) is 6. The fourth-order valence-electron chi connectivity index (χ4n) is 6.95. The lowest BCUT2D eigenvalue weighted by Gasteiger charge is -2.27. The monoisotopic (exact) mass is 748 g/mol. The zero-order valence-electron chi connectivity index (χ0n) is 32.4. The van der Waals surface area contributed by atoms with Crippen molar-refractivity contribution in [3.05, 3.63) is 90.1 Å². The Hall–Kier alpha value is -4.94. The van der Waals surface area contributed by atoms with E-state index in [1.165, 1.54) is 0 Å². The van der Waals surface area contributed by atoms with E-state index in [9.17, 15) is 4.79 Å². The Bertz CT molecular complexity index is 2090. The SMILES string of the molecule is COc1cc2c(Oc3ccc4c(C(=O)Nc5cc(C(C)(C)C)ccc5OCCN5CCOCC5)cccc4c3)ccnc2cc1OCCCN1CCOCC1. The molecular weight excluding hydrogens is 697 g/mol. The minimum atomic E-state index is -0.213. The van der Waals surface area contributed by atoms with Gasteiger partial charge in [0.15, 0.2) is 11.5 Å². The summed E-state index contributed by atoms with van der Waals surface area (Å²) < 4.78 is 35.5. The van der Waals surface area contributed by atoms with Crippen molar-refractivity contribution in [1.29, 1.82) is 0 Å². The smallest absolute Gasteiger partial charge is 0.256 e. The third kappa shape index (κ3) is 9.66. The summed E-state index contributed by atoms with van der Waals surface area (Å²) in [5.74, 6) is 2.97. The normalized spacial score (nSPS) is 15.6. The van der Waals surface area contributed by atoms with Gasteiger partial charge in [-0.1, -0.05) is 39.0 Å². The van der Waals surface area contributed by atoms with Crippen LogP contribution in [0.25, 0.3) is 21.7 Å². The lowest BCUT2D eigenvalue weighted by molar-refractivity contribution is 0.0323. The number of nitrogens with zero attached hydrogens (tertiary/aromatic N) is 3. The number of pyridine rings is 1. The quantitative estimate of drug-likeness (QED) is 0.115. The summed E-state index contributed by atoms with van der Waals surface area (Å²) in [4.78, 5) is 23.3. The average molecular weight is 749 g/mol. The Morgan fingerprint density at radius 2 is 1.51 bits per heavy atom. The number of benzene rings is 4.